The molecule has 2 aromatic heterocycles. The molecule has 10 atom stereocenters. The number of hydrogen-bond donors (Lipinski definition) is 8. The van der Waals surface area contributed by atoms with E-state index in [2.05, 4.69) is 0 Å². The maximum atomic E-state index is 12.0. The molecule has 0 radical (unpaired) electrons. The molecular weight excluding hydrogens is 516 g/mol. The molecular formula is C23H26O15. The first-order valence-electron chi connectivity index (χ1n) is 11.6. The van der Waals surface area contributed by atoms with Crippen LogP contribution < -0.4 is 15.1 Å². The van der Waals surface area contributed by atoms with Gasteiger partial charge in [-0.1, -0.05) is 0 Å². The van der Waals surface area contributed by atoms with Crippen LogP contribution in [-0.4, -0.2) is 115 Å². The largest absolute Gasteiger partial charge is 0.460 e. The molecule has 4 heterocycles. The van der Waals surface area contributed by atoms with Crippen molar-refractivity contribution < 1.29 is 68.6 Å². The molecule has 15 heteroatoms. The second-order valence-corrected chi connectivity index (χ2v) is 8.95. The predicted octanol–water partition coefficient (Wildman–Crippen LogP) is -3.10. The van der Waals surface area contributed by atoms with E-state index in [4.69, 9.17) is 27.8 Å². The van der Waals surface area contributed by atoms with E-state index in [0.717, 1.165) is 6.07 Å². The van der Waals surface area contributed by atoms with Crippen LogP contribution in [0.3, 0.4) is 0 Å². The zero-order chi connectivity index (χ0) is 27.3. The van der Waals surface area contributed by atoms with Crippen molar-refractivity contribution in [3.8, 4) is 11.5 Å². The third-order valence-electron chi connectivity index (χ3n) is 6.57. The van der Waals surface area contributed by atoms with Gasteiger partial charge in [0.15, 0.2) is 16.9 Å². The average molecular weight is 542 g/mol. The summed E-state index contributed by atoms with van der Waals surface area (Å²) in [4.78, 5) is 12.0. The van der Waals surface area contributed by atoms with Crippen LogP contribution in [0.5, 0.6) is 11.5 Å². The number of ether oxygens (including phenoxy) is 4. The summed E-state index contributed by atoms with van der Waals surface area (Å²) in [5.74, 6) is -0.597. The van der Waals surface area contributed by atoms with Crippen molar-refractivity contribution in [2.45, 2.75) is 61.4 Å². The van der Waals surface area contributed by atoms with Crippen LogP contribution in [0.4, 0.5) is 0 Å². The fraction of sp³-hybridized carbons (Fsp3) is 0.522. The van der Waals surface area contributed by atoms with E-state index in [9.17, 15) is 45.6 Å². The maximum Gasteiger partial charge on any atom is 0.336 e. The number of benzene rings is 1. The van der Waals surface area contributed by atoms with E-state index >= 15 is 0 Å². The zero-order valence-corrected chi connectivity index (χ0v) is 19.4. The third-order valence-corrected chi connectivity index (χ3v) is 6.57. The monoisotopic (exact) mass is 542 g/mol. The number of aliphatic hydroxyl groups is 8. The van der Waals surface area contributed by atoms with Gasteiger partial charge in [0.2, 0.25) is 18.3 Å². The Morgan fingerprint density at radius 3 is 1.76 bits per heavy atom. The highest BCUT2D eigenvalue weighted by Crippen LogP contribution is 2.46. The minimum atomic E-state index is -1.83. The summed E-state index contributed by atoms with van der Waals surface area (Å²) in [6, 6.07) is 3.80. The fourth-order valence-electron chi connectivity index (χ4n) is 4.47. The highest BCUT2D eigenvalue weighted by molar-refractivity contribution is 6.08. The van der Waals surface area contributed by atoms with Crippen molar-refractivity contribution in [1.29, 1.82) is 0 Å². The van der Waals surface area contributed by atoms with Gasteiger partial charge in [-0.3, -0.25) is 0 Å². The predicted molar refractivity (Wildman–Crippen MR) is 121 cm³/mol. The van der Waals surface area contributed by atoms with Gasteiger partial charge in [0.1, 0.15) is 48.8 Å². The third kappa shape index (κ3) is 4.42. The van der Waals surface area contributed by atoms with Crippen molar-refractivity contribution >= 4 is 21.9 Å². The average Bonchev–Trinajstić information content (AvgIpc) is 3.40. The summed E-state index contributed by atoms with van der Waals surface area (Å²) in [5.41, 5.74) is -0.841. The van der Waals surface area contributed by atoms with Gasteiger partial charge in [-0.05, 0) is 12.1 Å². The van der Waals surface area contributed by atoms with Gasteiger partial charge in [-0.25, -0.2) is 4.79 Å². The Labute approximate surface area is 212 Å². The number of fused-ring (bicyclic) bond motifs is 3. The smallest absolute Gasteiger partial charge is 0.336 e. The lowest BCUT2D eigenvalue weighted by Gasteiger charge is -2.41. The van der Waals surface area contributed by atoms with Crippen LogP contribution >= 0.6 is 0 Å². The Morgan fingerprint density at radius 1 is 0.658 bits per heavy atom. The minimum Gasteiger partial charge on any atom is -0.460 e. The highest BCUT2D eigenvalue weighted by Gasteiger charge is 2.47. The lowest BCUT2D eigenvalue weighted by Crippen LogP contribution is -2.60. The zero-order valence-electron chi connectivity index (χ0n) is 19.4. The second-order valence-electron chi connectivity index (χ2n) is 8.95. The van der Waals surface area contributed by atoms with Gasteiger partial charge in [-0.2, -0.15) is 0 Å². The number of rotatable bonds is 6. The molecule has 0 saturated carbocycles. The van der Waals surface area contributed by atoms with Gasteiger partial charge in [0, 0.05) is 6.07 Å². The lowest BCUT2D eigenvalue weighted by atomic mass is 9.99. The molecule has 38 heavy (non-hydrogen) atoms. The Hall–Kier alpha value is -2.83. The SMILES string of the molecule is O=c1ccc2c(O[C@@H]3O[C@H](CO)[C@@H](O)[C@H](O)[C@@H]3O)c(O[C@@H]3O[C@@H](CO)[C@@H](O)[C@H](O)[C@@H]3O)c3occc3c2o1. The van der Waals surface area contributed by atoms with Crippen molar-refractivity contribution in [3.05, 3.63) is 34.9 Å². The molecule has 0 aliphatic carbocycles. The topological polar surface area (TPSA) is 242 Å². The van der Waals surface area contributed by atoms with E-state index < -0.39 is 80.3 Å². The molecule has 8 N–H and O–H groups in total. The molecule has 0 bridgehead atoms. The van der Waals surface area contributed by atoms with E-state index in [1.54, 1.807) is 0 Å². The van der Waals surface area contributed by atoms with Gasteiger partial charge in [0.25, 0.3) is 0 Å². The Bertz CT molecular complexity index is 1330. The first kappa shape index (κ1) is 26.8. The molecule has 0 unspecified atom stereocenters. The van der Waals surface area contributed by atoms with Gasteiger partial charge >= 0.3 is 5.63 Å². The fourth-order valence-corrected chi connectivity index (χ4v) is 4.47. The molecule has 2 aliphatic rings. The maximum absolute atomic E-state index is 12.0. The lowest BCUT2D eigenvalue weighted by molar-refractivity contribution is -0.282. The van der Waals surface area contributed by atoms with Crippen molar-refractivity contribution in [2.75, 3.05) is 13.2 Å². The van der Waals surface area contributed by atoms with Crippen molar-refractivity contribution in [2.24, 2.45) is 0 Å². The van der Waals surface area contributed by atoms with Gasteiger partial charge < -0.3 is 68.6 Å². The molecule has 2 aliphatic heterocycles. The summed E-state index contributed by atoms with van der Waals surface area (Å²) in [6.45, 7) is -1.45. The molecule has 0 spiro atoms. The minimum absolute atomic E-state index is 0.0259. The normalized spacial score (nSPS) is 36.0. The second kappa shape index (κ2) is 10.4. The van der Waals surface area contributed by atoms with Gasteiger partial charge in [-0.15, -0.1) is 0 Å². The van der Waals surface area contributed by atoms with Crippen molar-refractivity contribution in [3.63, 3.8) is 0 Å². The van der Waals surface area contributed by atoms with Crippen molar-refractivity contribution in [1.82, 2.24) is 0 Å². The van der Waals surface area contributed by atoms with Crippen LogP contribution in [0.2, 0.25) is 0 Å². The number of hydrogen-bond acceptors (Lipinski definition) is 15. The van der Waals surface area contributed by atoms with E-state index in [1.165, 1.54) is 18.4 Å². The van der Waals surface area contributed by atoms with Crippen LogP contribution in [0.25, 0.3) is 21.9 Å². The molecule has 0 amide bonds. The first-order valence-corrected chi connectivity index (χ1v) is 11.6. The van der Waals surface area contributed by atoms with Crippen LogP contribution in [-0.2, 0) is 9.47 Å². The quantitative estimate of drug-likeness (QED) is 0.144. The molecule has 2 fully saturated rings. The van der Waals surface area contributed by atoms with Crippen LogP contribution in [0, 0.1) is 0 Å². The summed E-state index contributed by atoms with van der Waals surface area (Å²) >= 11 is 0. The molecule has 5 rings (SSSR count). The van der Waals surface area contributed by atoms with E-state index in [0.29, 0.717) is 0 Å². The van der Waals surface area contributed by atoms with Crippen LogP contribution in [0.15, 0.2) is 38.1 Å². The van der Waals surface area contributed by atoms with Crippen LogP contribution in [0.1, 0.15) is 0 Å². The molecule has 208 valence electrons. The Kier molecular flexibility index (Phi) is 7.31. The number of aliphatic hydroxyl groups excluding tert-OH is 8. The first-order chi connectivity index (χ1) is 18.2. The highest BCUT2D eigenvalue weighted by atomic mass is 16.7. The molecule has 3 aromatic rings. The Balaban J connectivity index is 1.63. The summed E-state index contributed by atoms with van der Waals surface area (Å²) in [7, 11) is 0. The van der Waals surface area contributed by atoms with Gasteiger partial charge in [0.05, 0.1) is 30.2 Å². The Morgan fingerprint density at radius 2 is 1.21 bits per heavy atom. The van der Waals surface area contributed by atoms with E-state index in [1.807, 2.05) is 0 Å². The number of furan rings is 1. The summed E-state index contributed by atoms with van der Waals surface area (Å²) in [6.07, 6.45) is -15.3. The standard InChI is InChI=1S/C23H26O15/c24-5-9-12(27)14(29)16(31)22(34-9)37-20-7-1-2-11(26)36-18(7)8-3-4-33-19(8)21(20)38-23-17(32)15(30)13(28)10(6-25)35-23/h1-4,9-10,12-17,22-25,27-32H,5-6H2/t9-,10+,12-,13-,14+,15+,16+,17+,22+,23+/m1/s1. The van der Waals surface area contributed by atoms with E-state index in [-0.39, 0.29) is 33.4 Å². The molecule has 1 aromatic carbocycles. The summed E-state index contributed by atoms with van der Waals surface area (Å²) in [5, 5.41) is 81.0. The molecule has 15 nitrogen and oxygen atoms in total. The summed E-state index contributed by atoms with van der Waals surface area (Å²) < 4.78 is 33.4. The molecule has 2 saturated heterocycles.